The van der Waals surface area contributed by atoms with Gasteiger partial charge in [0.1, 0.15) is 11.4 Å². The summed E-state index contributed by atoms with van der Waals surface area (Å²) >= 11 is 0. The van der Waals surface area contributed by atoms with Crippen molar-refractivity contribution in [3.05, 3.63) is 48.3 Å². The Morgan fingerprint density at radius 1 is 1.31 bits per heavy atom. The first-order valence-electron chi connectivity index (χ1n) is 4.00. The molecule has 1 unspecified atom stereocenters. The van der Waals surface area contributed by atoms with Crippen LogP contribution in [-0.2, 0) is 5.60 Å². The lowest BCUT2D eigenvalue weighted by Crippen LogP contribution is -2.20. The lowest BCUT2D eigenvalue weighted by Gasteiger charge is -2.18. The average molecular weight is 178 g/mol. The molecule has 2 aromatic rings. The molecule has 0 aromatic carbocycles. The van der Waals surface area contributed by atoms with Gasteiger partial charge in [-0.1, -0.05) is 0 Å². The topological polar surface area (TPSA) is 46.5 Å². The zero-order chi connectivity index (χ0) is 9.31. The van der Waals surface area contributed by atoms with Gasteiger partial charge >= 0.3 is 0 Å². The molecule has 1 N–H and O–H groups in total. The van der Waals surface area contributed by atoms with Crippen molar-refractivity contribution >= 4 is 0 Å². The van der Waals surface area contributed by atoms with Gasteiger partial charge < -0.3 is 13.9 Å². The van der Waals surface area contributed by atoms with Crippen molar-refractivity contribution in [3.8, 4) is 0 Å². The Morgan fingerprint density at radius 2 is 2.15 bits per heavy atom. The quantitative estimate of drug-likeness (QED) is 0.766. The van der Waals surface area contributed by atoms with Crippen LogP contribution >= 0.6 is 0 Å². The largest absolute Gasteiger partial charge is 0.472 e. The van der Waals surface area contributed by atoms with Crippen LogP contribution in [0.25, 0.3) is 0 Å². The van der Waals surface area contributed by atoms with Crippen molar-refractivity contribution in [2.75, 3.05) is 0 Å². The second kappa shape index (κ2) is 2.78. The fraction of sp³-hybridized carbons (Fsp3) is 0.200. The van der Waals surface area contributed by atoms with Gasteiger partial charge in [0.05, 0.1) is 18.8 Å². The van der Waals surface area contributed by atoms with E-state index >= 15 is 0 Å². The van der Waals surface area contributed by atoms with Gasteiger partial charge in [-0.3, -0.25) is 0 Å². The van der Waals surface area contributed by atoms with E-state index in [0.717, 1.165) is 0 Å². The van der Waals surface area contributed by atoms with E-state index < -0.39 is 5.60 Å². The molecular formula is C10H10O3. The summed E-state index contributed by atoms with van der Waals surface area (Å²) < 4.78 is 10.0. The van der Waals surface area contributed by atoms with Crippen LogP contribution in [0.4, 0.5) is 0 Å². The van der Waals surface area contributed by atoms with Crippen LogP contribution in [-0.4, -0.2) is 5.11 Å². The minimum absolute atomic E-state index is 0.508. The summed E-state index contributed by atoms with van der Waals surface area (Å²) in [6.45, 7) is 1.66. The highest BCUT2D eigenvalue weighted by molar-refractivity contribution is 5.26. The third kappa shape index (κ3) is 1.27. The number of furan rings is 2. The maximum absolute atomic E-state index is 10.1. The zero-order valence-corrected chi connectivity index (χ0v) is 7.23. The minimum atomic E-state index is -1.11. The molecular weight excluding hydrogens is 168 g/mol. The normalized spacial score (nSPS) is 15.5. The Balaban J connectivity index is 2.42. The fourth-order valence-corrected chi connectivity index (χ4v) is 1.24. The van der Waals surface area contributed by atoms with Gasteiger partial charge in [0, 0.05) is 5.56 Å². The van der Waals surface area contributed by atoms with Crippen molar-refractivity contribution < 1.29 is 13.9 Å². The predicted molar refractivity (Wildman–Crippen MR) is 46.1 cm³/mol. The maximum Gasteiger partial charge on any atom is 0.147 e. The molecule has 2 heterocycles. The Labute approximate surface area is 75.6 Å². The van der Waals surface area contributed by atoms with Crippen LogP contribution in [0.2, 0.25) is 0 Å². The van der Waals surface area contributed by atoms with Gasteiger partial charge in [-0.05, 0) is 25.1 Å². The van der Waals surface area contributed by atoms with Crippen molar-refractivity contribution in [1.29, 1.82) is 0 Å². The van der Waals surface area contributed by atoms with E-state index in [-0.39, 0.29) is 0 Å². The fourth-order valence-electron chi connectivity index (χ4n) is 1.24. The Hall–Kier alpha value is -1.48. The second-order valence-electron chi connectivity index (χ2n) is 3.06. The molecule has 68 valence electrons. The summed E-state index contributed by atoms with van der Waals surface area (Å²) in [5, 5.41) is 10.1. The highest BCUT2D eigenvalue weighted by Gasteiger charge is 2.29. The molecule has 2 aromatic heterocycles. The molecule has 2 rings (SSSR count). The van der Waals surface area contributed by atoms with Crippen LogP contribution in [0.5, 0.6) is 0 Å². The van der Waals surface area contributed by atoms with Crippen LogP contribution in [0.3, 0.4) is 0 Å². The van der Waals surface area contributed by atoms with E-state index in [1.54, 1.807) is 25.1 Å². The van der Waals surface area contributed by atoms with E-state index in [2.05, 4.69) is 0 Å². The molecule has 13 heavy (non-hydrogen) atoms. The van der Waals surface area contributed by atoms with E-state index in [1.807, 2.05) is 0 Å². The van der Waals surface area contributed by atoms with Crippen LogP contribution in [0.15, 0.2) is 45.8 Å². The lowest BCUT2D eigenvalue weighted by molar-refractivity contribution is 0.0761. The summed E-state index contributed by atoms with van der Waals surface area (Å²) in [5.41, 5.74) is -0.432. The molecule has 0 saturated carbocycles. The minimum Gasteiger partial charge on any atom is -0.472 e. The second-order valence-corrected chi connectivity index (χ2v) is 3.06. The highest BCUT2D eigenvalue weighted by Crippen LogP contribution is 2.29. The van der Waals surface area contributed by atoms with Crippen molar-refractivity contribution in [3.63, 3.8) is 0 Å². The van der Waals surface area contributed by atoms with E-state index in [1.165, 1.54) is 18.8 Å². The zero-order valence-electron chi connectivity index (χ0n) is 7.23. The summed E-state index contributed by atoms with van der Waals surface area (Å²) in [5.74, 6) is 0.508. The molecule has 1 atom stereocenters. The molecule has 0 aliphatic carbocycles. The molecule has 0 aliphatic heterocycles. The first-order chi connectivity index (χ1) is 6.21. The Morgan fingerprint density at radius 3 is 2.69 bits per heavy atom. The number of aliphatic hydroxyl groups is 1. The predicted octanol–water partition coefficient (Wildman–Crippen LogP) is 2.13. The smallest absolute Gasteiger partial charge is 0.147 e. The SMILES string of the molecule is CC(O)(c1ccoc1)c1ccco1. The van der Waals surface area contributed by atoms with Gasteiger partial charge in [0.25, 0.3) is 0 Å². The van der Waals surface area contributed by atoms with E-state index in [4.69, 9.17) is 8.83 Å². The van der Waals surface area contributed by atoms with Gasteiger partial charge in [0.15, 0.2) is 0 Å². The average Bonchev–Trinajstić information content (AvgIpc) is 2.78. The van der Waals surface area contributed by atoms with Crippen LogP contribution < -0.4 is 0 Å². The summed E-state index contributed by atoms with van der Waals surface area (Å²) in [4.78, 5) is 0. The molecule has 0 radical (unpaired) electrons. The summed E-state index contributed by atoms with van der Waals surface area (Å²) in [6.07, 6.45) is 4.55. The number of hydrogen-bond acceptors (Lipinski definition) is 3. The van der Waals surface area contributed by atoms with Gasteiger partial charge in [-0.2, -0.15) is 0 Å². The van der Waals surface area contributed by atoms with Crippen LogP contribution in [0.1, 0.15) is 18.2 Å². The summed E-state index contributed by atoms with van der Waals surface area (Å²) in [6, 6.07) is 5.18. The third-order valence-corrected chi connectivity index (χ3v) is 2.08. The van der Waals surface area contributed by atoms with Crippen molar-refractivity contribution in [2.45, 2.75) is 12.5 Å². The molecule has 0 aliphatic rings. The number of hydrogen-bond donors (Lipinski definition) is 1. The standard InChI is InChI=1S/C10H10O3/c1-10(11,8-4-6-12-7-8)9-3-2-5-13-9/h2-7,11H,1H3. The molecule has 0 amide bonds. The first-order valence-corrected chi connectivity index (χ1v) is 4.00. The molecule has 0 spiro atoms. The lowest BCUT2D eigenvalue weighted by atomic mass is 9.96. The van der Waals surface area contributed by atoms with Crippen molar-refractivity contribution in [2.24, 2.45) is 0 Å². The van der Waals surface area contributed by atoms with Gasteiger partial charge in [-0.25, -0.2) is 0 Å². The first kappa shape index (κ1) is 8.13. The van der Waals surface area contributed by atoms with Crippen LogP contribution in [0, 0.1) is 0 Å². The highest BCUT2D eigenvalue weighted by atomic mass is 16.4. The maximum atomic E-state index is 10.1. The molecule has 0 bridgehead atoms. The Kier molecular flexibility index (Phi) is 1.74. The Bertz CT molecular complexity index is 321. The third-order valence-electron chi connectivity index (χ3n) is 2.08. The molecule has 0 fully saturated rings. The van der Waals surface area contributed by atoms with Crippen molar-refractivity contribution in [1.82, 2.24) is 0 Å². The molecule has 3 nitrogen and oxygen atoms in total. The molecule has 3 heteroatoms. The molecule has 0 saturated heterocycles. The monoisotopic (exact) mass is 178 g/mol. The summed E-state index contributed by atoms with van der Waals surface area (Å²) in [7, 11) is 0. The van der Waals surface area contributed by atoms with Gasteiger partial charge in [0.2, 0.25) is 0 Å². The van der Waals surface area contributed by atoms with Gasteiger partial charge in [-0.15, -0.1) is 0 Å². The van der Waals surface area contributed by atoms with E-state index in [9.17, 15) is 5.11 Å². The van der Waals surface area contributed by atoms with E-state index in [0.29, 0.717) is 11.3 Å². The number of rotatable bonds is 2.